The van der Waals surface area contributed by atoms with Crippen LogP contribution in [0.15, 0.2) is 72.9 Å². The minimum absolute atomic E-state index is 0.181. The number of aromatic amines is 1. The Morgan fingerprint density at radius 2 is 1.71 bits per heavy atom. The minimum atomic E-state index is -0.509. The number of rotatable bonds is 12. The number of esters is 1. The molecule has 1 amide bonds. The maximum atomic E-state index is 12.7. The van der Waals surface area contributed by atoms with E-state index >= 15 is 0 Å². The quantitative estimate of drug-likeness (QED) is 0.138. The van der Waals surface area contributed by atoms with Gasteiger partial charge in [0, 0.05) is 12.0 Å². The number of H-pyrrole nitrogens is 1. The number of amides is 1. The Kier molecular flexibility index (Phi) is 10.0. The molecule has 4 rings (SSSR count). The van der Waals surface area contributed by atoms with E-state index in [4.69, 9.17) is 14.2 Å². The average Bonchev–Trinajstić information content (AvgIpc) is 3.45. The number of imidazole rings is 1. The normalized spacial score (nSPS) is 12.1. The molecule has 0 saturated carbocycles. The van der Waals surface area contributed by atoms with Crippen LogP contribution in [0.2, 0.25) is 0 Å². The molecule has 0 radical (unpaired) electrons. The minimum Gasteiger partial charge on any atom is -0.497 e. The van der Waals surface area contributed by atoms with Crippen LogP contribution in [0.1, 0.15) is 70.3 Å². The lowest BCUT2D eigenvalue weighted by Gasteiger charge is -2.19. The summed E-state index contributed by atoms with van der Waals surface area (Å²) in [4.78, 5) is 32.8. The zero-order valence-corrected chi connectivity index (χ0v) is 24.2. The summed E-state index contributed by atoms with van der Waals surface area (Å²) in [5.41, 5.74) is 2.27. The molecule has 4 aromatic rings. The van der Waals surface area contributed by atoms with E-state index in [0.717, 1.165) is 46.2 Å². The molecule has 8 nitrogen and oxygen atoms in total. The molecule has 0 saturated heterocycles. The number of carbonyl (C=O) groups excluding carboxylic acids is 2. The molecular weight excluding hydrogens is 518 g/mol. The van der Waals surface area contributed by atoms with Crippen molar-refractivity contribution in [2.24, 2.45) is 0 Å². The molecule has 1 atom stereocenters. The molecule has 216 valence electrons. The summed E-state index contributed by atoms with van der Waals surface area (Å²) in [5, 5.41) is 5.15. The van der Waals surface area contributed by atoms with Crippen molar-refractivity contribution in [1.82, 2.24) is 15.3 Å². The molecule has 8 heteroatoms. The lowest BCUT2D eigenvalue weighted by atomic mass is 10.0. The van der Waals surface area contributed by atoms with Crippen molar-refractivity contribution in [3.63, 3.8) is 0 Å². The average molecular weight is 558 g/mol. The van der Waals surface area contributed by atoms with Gasteiger partial charge in [0.15, 0.2) is 0 Å². The van der Waals surface area contributed by atoms with E-state index in [9.17, 15) is 9.59 Å². The maximum Gasteiger partial charge on any atom is 0.408 e. The van der Waals surface area contributed by atoms with E-state index in [1.54, 1.807) is 13.3 Å². The number of benzene rings is 3. The van der Waals surface area contributed by atoms with E-state index in [0.29, 0.717) is 25.1 Å². The predicted octanol–water partition coefficient (Wildman–Crippen LogP) is 7.50. The van der Waals surface area contributed by atoms with Gasteiger partial charge in [0.25, 0.3) is 0 Å². The highest BCUT2D eigenvalue weighted by molar-refractivity contribution is 5.88. The third kappa shape index (κ3) is 9.10. The van der Waals surface area contributed by atoms with Gasteiger partial charge in [-0.25, -0.2) is 9.78 Å². The summed E-state index contributed by atoms with van der Waals surface area (Å²) in [5.74, 6) is 1.27. The molecule has 0 bridgehead atoms. The molecule has 0 spiro atoms. The number of ether oxygens (including phenoxy) is 3. The fourth-order valence-electron chi connectivity index (χ4n) is 4.55. The van der Waals surface area contributed by atoms with Crippen molar-refractivity contribution in [3.05, 3.63) is 84.3 Å². The standard InChI is InChI=1S/C33H39N3O5/c1-33(2,3)41-30(37)14-10-6-9-13-28(36-32(38)40-22-23-11-7-5-8-12-23)31-34-21-29(35-31)26-16-15-25-20-27(39-4)18-17-24(25)19-26/h5,7-8,11-12,15-21,28H,6,9-10,13-14,22H2,1-4H3,(H,34,35)(H,36,38)/t28-/m0/s1. The van der Waals surface area contributed by atoms with Crippen LogP contribution in [-0.2, 0) is 20.9 Å². The molecule has 3 aromatic carbocycles. The number of hydrogen-bond acceptors (Lipinski definition) is 6. The number of fused-ring (bicyclic) bond motifs is 1. The van der Waals surface area contributed by atoms with Crippen LogP contribution in [0.3, 0.4) is 0 Å². The SMILES string of the molecule is COc1ccc2cc(-c3cnc([C@H](CCCCCC(=O)OC(C)(C)C)NC(=O)OCc4ccccc4)[nH]3)ccc2c1. The predicted molar refractivity (Wildman–Crippen MR) is 160 cm³/mol. The van der Waals surface area contributed by atoms with Gasteiger partial charge in [-0.2, -0.15) is 0 Å². The van der Waals surface area contributed by atoms with Gasteiger partial charge in [-0.15, -0.1) is 0 Å². The first-order valence-corrected chi connectivity index (χ1v) is 14.0. The van der Waals surface area contributed by atoms with Gasteiger partial charge >= 0.3 is 12.1 Å². The Morgan fingerprint density at radius 1 is 0.951 bits per heavy atom. The number of aromatic nitrogens is 2. The Morgan fingerprint density at radius 3 is 2.46 bits per heavy atom. The van der Waals surface area contributed by atoms with Crippen molar-refractivity contribution in [2.75, 3.05) is 7.11 Å². The second kappa shape index (κ2) is 13.8. The number of carbonyl (C=O) groups is 2. The molecule has 1 heterocycles. The van der Waals surface area contributed by atoms with Gasteiger partial charge in [0.2, 0.25) is 0 Å². The molecule has 0 aliphatic heterocycles. The molecule has 2 N–H and O–H groups in total. The van der Waals surface area contributed by atoms with Crippen molar-refractivity contribution in [2.45, 2.75) is 71.1 Å². The summed E-state index contributed by atoms with van der Waals surface area (Å²) in [6, 6.07) is 21.3. The maximum absolute atomic E-state index is 12.7. The summed E-state index contributed by atoms with van der Waals surface area (Å²) >= 11 is 0. The van der Waals surface area contributed by atoms with Crippen LogP contribution in [0.4, 0.5) is 4.79 Å². The van der Waals surface area contributed by atoms with E-state index in [2.05, 4.69) is 27.4 Å². The lowest BCUT2D eigenvalue weighted by Crippen LogP contribution is -2.30. The van der Waals surface area contributed by atoms with E-state index in [1.165, 1.54) is 0 Å². The van der Waals surface area contributed by atoms with Gasteiger partial charge in [-0.05, 0) is 68.1 Å². The molecule has 0 fully saturated rings. The van der Waals surface area contributed by atoms with Crippen molar-refractivity contribution in [3.8, 4) is 17.0 Å². The highest BCUT2D eigenvalue weighted by Gasteiger charge is 2.20. The van der Waals surface area contributed by atoms with Crippen LogP contribution in [-0.4, -0.2) is 34.7 Å². The largest absolute Gasteiger partial charge is 0.497 e. The smallest absolute Gasteiger partial charge is 0.408 e. The number of alkyl carbamates (subject to hydrolysis) is 1. The fraction of sp³-hybridized carbons (Fsp3) is 0.364. The third-order valence-corrected chi connectivity index (χ3v) is 6.58. The van der Waals surface area contributed by atoms with Crippen molar-refractivity contribution >= 4 is 22.8 Å². The summed E-state index contributed by atoms with van der Waals surface area (Å²) in [6.45, 7) is 5.78. The van der Waals surface area contributed by atoms with E-state index < -0.39 is 11.7 Å². The molecule has 0 aliphatic carbocycles. The van der Waals surface area contributed by atoms with Gasteiger partial charge in [-0.1, -0.05) is 61.4 Å². The number of methoxy groups -OCH3 is 1. The first-order chi connectivity index (χ1) is 19.7. The Balaban J connectivity index is 1.42. The number of unbranched alkanes of at least 4 members (excludes halogenated alkanes) is 2. The summed E-state index contributed by atoms with van der Waals surface area (Å²) in [7, 11) is 1.66. The molecule has 1 aromatic heterocycles. The van der Waals surface area contributed by atoms with Crippen molar-refractivity contribution < 1.29 is 23.8 Å². The highest BCUT2D eigenvalue weighted by Crippen LogP contribution is 2.28. The zero-order valence-electron chi connectivity index (χ0n) is 24.2. The lowest BCUT2D eigenvalue weighted by molar-refractivity contribution is -0.154. The fourth-order valence-corrected chi connectivity index (χ4v) is 4.55. The van der Waals surface area contributed by atoms with Gasteiger partial charge < -0.3 is 24.5 Å². The molecular formula is C33H39N3O5. The van der Waals surface area contributed by atoms with Gasteiger partial charge in [0.05, 0.1) is 25.0 Å². The second-order valence-corrected chi connectivity index (χ2v) is 11.1. The number of hydrogen-bond donors (Lipinski definition) is 2. The highest BCUT2D eigenvalue weighted by atomic mass is 16.6. The Bertz CT molecular complexity index is 1440. The van der Waals surface area contributed by atoms with Crippen LogP contribution >= 0.6 is 0 Å². The Hall–Kier alpha value is -4.33. The van der Waals surface area contributed by atoms with E-state index in [-0.39, 0.29) is 18.6 Å². The number of nitrogens with zero attached hydrogens (tertiary/aromatic N) is 1. The summed E-state index contributed by atoms with van der Waals surface area (Å²) < 4.78 is 16.2. The number of nitrogens with one attached hydrogen (secondary N) is 2. The van der Waals surface area contributed by atoms with Gasteiger partial charge in [0.1, 0.15) is 23.8 Å². The van der Waals surface area contributed by atoms with Crippen LogP contribution in [0.25, 0.3) is 22.0 Å². The third-order valence-electron chi connectivity index (χ3n) is 6.58. The van der Waals surface area contributed by atoms with Crippen LogP contribution < -0.4 is 10.1 Å². The van der Waals surface area contributed by atoms with Gasteiger partial charge in [-0.3, -0.25) is 4.79 Å². The second-order valence-electron chi connectivity index (χ2n) is 11.1. The van der Waals surface area contributed by atoms with Crippen molar-refractivity contribution in [1.29, 1.82) is 0 Å². The Labute approximate surface area is 241 Å². The topological polar surface area (TPSA) is 103 Å². The van der Waals surface area contributed by atoms with Crippen LogP contribution in [0, 0.1) is 0 Å². The molecule has 0 unspecified atom stereocenters. The summed E-state index contributed by atoms with van der Waals surface area (Å²) in [6.07, 6.45) is 4.60. The first-order valence-electron chi connectivity index (χ1n) is 14.0. The molecule has 41 heavy (non-hydrogen) atoms. The first kappa shape index (κ1) is 29.6. The molecule has 0 aliphatic rings. The zero-order chi connectivity index (χ0) is 29.2. The van der Waals surface area contributed by atoms with E-state index in [1.807, 2.05) is 75.4 Å². The van der Waals surface area contributed by atoms with Crippen LogP contribution in [0.5, 0.6) is 5.75 Å². The monoisotopic (exact) mass is 557 g/mol.